The van der Waals surface area contributed by atoms with E-state index in [0.717, 1.165) is 38.2 Å². The van der Waals surface area contributed by atoms with Gasteiger partial charge in [0.15, 0.2) is 17.3 Å². The molecule has 1 aliphatic carbocycles. The molecule has 1 saturated carbocycles. The van der Waals surface area contributed by atoms with Crippen molar-refractivity contribution in [2.24, 2.45) is 11.8 Å². The van der Waals surface area contributed by atoms with E-state index in [-0.39, 0.29) is 23.3 Å². The maximum atomic E-state index is 14.6. The molecule has 0 aliphatic heterocycles. The van der Waals surface area contributed by atoms with Crippen LogP contribution in [0.5, 0.6) is 5.75 Å². The Hall–Kier alpha value is -1.52. The molecule has 5 heteroatoms. The lowest BCUT2D eigenvalue weighted by molar-refractivity contribution is -0.224. The predicted octanol–water partition coefficient (Wildman–Crippen LogP) is 7.09. The van der Waals surface area contributed by atoms with E-state index >= 15 is 0 Å². The minimum Gasteiger partial charge on any atom is -0.429 e. The fourth-order valence-corrected chi connectivity index (χ4v) is 3.93. The Kier molecular flexibility index (Phi) is 7.75. The van der Waals surface area contributed by atoms with E-state index in [1.807, 2.05) is 0 Å². The van der Waals surface area contributed by atoms with Crippen LogP contribution in [-0.2, 0) is 0 Å². The quantitative estimate of drug-likeness (QED) is 0.336. The van der Waals surface area contributed by atoms with Crippen molar-refractivity contribution in [1.82, 2.24) is 0 Å². The zero-order valence-corrected chi connectivity index (χ0v) is 16.6. The first-order chi connectivity index (χ1) is 12.8. The van der Waals surface area contributed by atoms with Crippen LogP contribution in [0.3, 0.4) is 0 Å². The molecule has 0 N–H and O–H groups in total. The molecule has 1 aromatic rings. The van der Waals surface area contributed by atoms with Gasteiger partial charge in [0.05, 0.1) is 5.92 Å². The number of rotatable bonds is 9. The van der Waals surface area contributed by atoms with Crippen LogP contribution in [-0.4, -0.2) is 11.9 Å². The van der Waals surface area contributed by atoms with Gasteiger partial charge in [-0.15, -0.1) is 0 Å². The molecule has 0 amide bonds. The summed E-state index contributed by atoms with van der Waals surface area (Å²) in [5.41, 5.74) is 0.285. The smallest absolute Gasteiger partial charge is 0.400 e. The second-order valence-corrected chi connectivity index (χ2v) is 7.70. The highest BCUT2D eigenvalue weighted by molar-refractivity contribution is 5.97. The lowest BCUT2D eigenvalue weighted by Gasteiger charge is -2.33. The summed E-state index contributed by atoms with van der Waals surface area (Å²) in [6, 6.07) is 2.52. The van der Waals surface area contributed by atoms with Gasteiger partial charge >= 0.3 is 6.11 Å². The molecule has 2 rings (SSSR count). The fourth-order valence-electron chi connectivity index (χ4n) is 3.93. The average Bonchev–Trinajstić information content (AvgIpc) is 2.65. The minimum atomic E-state index is -3.40. The summed E-state index contributed by atoms with van der Waals surface area (Å²) in [6.45, 7) is 5.25. The van der Waals surface area contributed by atoms with Crippen LogP contribution in [0.15, 0.2) is 12.1 Å². The molecule has 2 nitrogen and oxygen atoms in total. The Balaban J connectivity index is 2.00. The highest BCUT2D eigenvalue weighted by Gasteiger charge is 2.44. The third kappa shape index (κ3) is 5.49. The molecule has 1 aliphatic rings. The number of carbonyl (C=O) groups excluding carboxylic acids is 1. The predicted molar refractivity (Wildman–Crippen MR) is 101 cm³/mol. The van der Waals surface area contributed by atoms with Crippen LogP contribution in [0.4, 0.5) is 13.2 Å². The highest BCUT2D eigenvalue weighted by atomic mass is 19.3. The average molecular weight is 384 g/mol. The van der Waals surface area contributed by atoms with Crippen molar-refractivity contribution in [2.75, 3.05) is 0 Å². The molecule has 0 aromatic heterocycles. The number of unbranched alkanes of at least 4 members (excludes halogenated alkanes) is 2. The Labute approximate surface area is 160 Å². The summed E-state index contributed by atoms with van der Waals surface area (Å²) < 4.78 is 48.5. The van der Waals surface area contributed by atoms with E-state index in [1.54, 1.807) is 6.92 Å². The summed E-state index contributed by atoms with van der Waals surface area (Å²) in [5, 5.41) is 0. The largest absolute Gasteiger partial charge is 0.429 e. The Morgan fingerprint density at radius 1 is 1.15 bits per heavy atom. The van der Waals surface area contributed by atoms with Gasteiger partial charge in [0, 0.05) is 12.0 Å². The van der Waals surface area contributed by atoms with Crippen LogP contribution in [0.2, 0.25) is 0 Å². The van der Waals surface area contributed by atoms with Crippen LogP contribution >= 0.6 is 0 Å². The van der Waals surface area contributed by atoms with Gasteiger partial charge in [0.1, 0.15) is 0 Å². The van der Waals surface area contributed by atoms with Gasteiger partial charge in [-0.05, 0) is 56.2 Å². The Morgan fingerprint density at radius 3 is 2.41 bits per heavy atom. The molecule has 0 unspecified atom stereocenters. The van der Waals surface area contributed by atoms with Gasteiger partial charge in [-0.1, -0.05) is 39.5 Å². The highest BCUT2D eigenvalue weighted by Crippen LogP contribution is 2.42. The molecule has 27 heavy (non-hydrogen) atoms. The first-order valence-corrected chi connectivity index (χ1v) is 10.2. The molecule has 1 fully saturated rings. The van der Waals surface area contributed by atoms with Gasteiger partial charge < -0.3 is 4.74 Å². The van der Waals surface area contributed by atoms with Gasteiger partial charge in [-0.25, -0.2) is 4.39 Å². The fraction of sp³-hybridized carbons (Fsp3) is 0.682. The standard InChI is InChI=1S/C22H31F3O2/c1-4-6-7-8-16-9-11-17(12-10-16)22(24,25)27-20-14-13-18(19(26)5-2)15(3)21(20)23/h13-14,16-17H,4-12H2,1-3H3. The van der Waals surface area contributed by atoms with Crippen molar-refractivity contribution in [3.05, 3.63) is 29.1 Å². The molecule has 0 bridgehead atoms. The molecular weight excluding hydrogens is 353 g/mol. The van der Waals surface area contributed by atoms with E-state index in [0.29, 0.717) is 18.8 Å². The first kappa shape index (κ1) is 21.8. The SMILES string of the molecule is CCCCCC1CCC(C(F)(F)Oc2ccc(C(=O)CC)c(C)c2F)CC1. The van der Waals surface area contributed by atoms with Crippen LogP contribution in [0.25, 0.3) is 0 Å². The number of Topliss-reactive ketones (excluding diaryl/α,β-unsaturated/α-hetero) is 1. The monoisotopic (exact) mass is 384 g/mol. The molecule has 0 atom stereocenters. The van der Waals surface area contributed by atoms with Crippen LogP contribution < -0.4 is 4.74 Å². The van der Waals surface area contributed by atoms with E-state index in [4.69, 9.17) is 4.74 Å². The number of ketones is 1. The van der Waals surface area contributed by atoms with Gasteiger partial charge in [-0.2, -0.15) is 8.78 Å². The zero-order valence-electron chi connectivity index (χ0n) is 16.6. The lowest BCUT2D eigenvalue weighted by Crippen LogP contribution is -2.37. The third-order valence-electron chi connectivity index (χ3n) is 5.76. The summed E-state index contributed by atoms with van der Waals surface area (Å²) >= 11 is 0. The number of benzene rings is 1. The summed E-state index contributed by atoms with van der Waals surface area (Å²) in [5.74, 6) is -1.94. The van der Waals surface area contributed by atoms with Crippen molar-refractivity contribution >= 4 is 5.78 Å². The number of hydrogen-bond acceptors (Lipinski definition) is 2. The van der Waals surface area contributed by atoms with Crippen molar-refractivity contribution in [1.29, 1.82) is 0 Å². The van der Waals surface area contributed by atoms with E-state index in [1.165, 1.54) is 19.4 Å². The van der Waals surface area contributed by atoms with Crippen LogP contribution in [0, 0.1) is 24.6 Å². The number of halogens is 3. The first-order valence-electron chi connectivity index (χ1n) is 10.2. The molecule has 0 heterocycles. The van der Waals surface area contributed by atoms with Crippen molar-refractivity contribution in [3.8, 4) is 5.75 Å². The number of carbonyl (C=O) groups is 1. The van der Waals surface area contributed by atoms with Crippen molar-refractivity contribution < 1.29 is 22.7 Å². The van der Waals surface area contributed by atoms with Gasteiger partial charge in [0.25, 0.3) is 0 Å². The summed E-state index contributed by atoms with van der Waals surface area (Å²) in [6.07, 6.45) is 3.80. The second kappa shape index (κ2) is 9.61. The molecule has 1 aromatic carbocycles. The minimum absolute atomic E-state index is 0.0646. The van der Waals surface area contributed by atoms with Gasteiger partial charge in [0.2, 0.25) is 0 Å². The molecule has 0 spiro atoms. The molecule has 0 saturated heterocycles. The molecule has 0 radical (unpaired) electrons. The zero-order chi connectivity index (χ0) is 20.0. The van der Waals surface area contributed by atoms with E-state index in [9.17, 15) is 18.0 Å². The maximum absolute atomic E-state index is 14.6. The second-order valence-electron chi connectivity index (χ2n) is 7.70. The van der Waals surface area contributed by atoms with Crippen molar-refractivity contribution in [2.45, 2.75) is 84.7 Å². The lowest BCUT2D eigenvalue weighted by atomic mass is 9.79. The number of alkyl halides is 2. The van der Waals surface area contributed by atoms with E-state index < -0.39 is 23.6 Å². The Bertz CT molecular complexity index is 635. The maximum Gasteiger partial charge on any atom is 0.400 e. The number of ether oxygens (including phenoxy) is 1. The topological polar surface area (TPSA) is 26.3 Å². The summed E-state index contributed by atoms with van der Waals surface area (Å²) in [7, 11) is 0. The third-order valence-corrected chi connectivity index (χ3v) is 5.76. The van der Waals surface area contributed by atoms with Gasteiger partial charge in [-0.3, -0.25) is 4.79 Å². The molecular formula is C22H31F3O2. The summed E-state index contributed by atoms with van der Waals surface area (Å²) in [4.78, 5) is 11.8. The number of hydrogen-bond donors (Lipinski definition) is 0. The van der Waals surface area contributed by atoms with Crippen LogP contribution in [0.1, 0.15) is 87.6 Å². The van der Waals surface area contributed by atoms with Crippen molar-refractivity contribution in [3.63, 3.8) is 0 Å². The Morgan fingerprint density at radius 2 is 1.81 bits per heavy atom. The normalized spacial score (nSPS) is 20.5. The molecule has 152 valence electrons. The van der Waals surface area contributed by atoms with E-state index in [2.05, 4.69) is 6.92 Å².